The van der Waals surface area contributed by atoms with E-state index in [1.54, 1.807) is 0 Å². The molecule has 0 saturated carbocycles. The zero-order valence-electron chi connectivity index (χ0n) is 10.9. The van der Waals surface area contributed by atoms with Crippen LogP contribution < -0.4 is 4.74 Å². The van der Waals surface area contributed by atoms with Gasteiger partial charge in [0.05, 0.1) is 0 Å². The molecular weight excluding hydrogens is 252 g/mol. The van der Waals surface area contributed by atoms with Crippen molar-refractivity contribution in [1.82, 2.24) is 20.6 Å². The van der Waals surface area contributed by atoms with Crippen LogP contribution in [-0.4, -0.2) is 20.6 Å². The van der Waals surface area contributed by atoms with Crippen LogP contribution in [0.5, 0.6) is 5.75 Å². The summed E-state index contributed by atoms with van der Waals surface area (Å²) in [7, 11) is 0. The van der Waals surface area contributed by atoms with E-state index in [4.69, 9.17) is 4.74 Å². The van der Waals surface area contributed by atoms with E-state index in [0.29, 0.717) is 13.0 Å². The molecule has 3 aromatic rings. The van der Waals surface area contributed by atoms with Crippen molar-refractivity contribution in [3.63, 3.8) is 0 Å². The van der Waals surface area contributed by atoms with E-state index in [9.17, 15) is 0 Å². The van der Waals surface area contributed by atoms with E-state index in [-0.39, 0.29) is 0 Å². The van der Waals surface area contributed by atoms with Crippen molar-refractivity contribution in [2.45, 2.75) is 13.0 Å². The Morgan fingerprint density at radius 2 is 1.80 bits per heavy atom. The second kappa shape index (κ2) is 5.97. The quantitative estimate of drug-likeness (QED) is 0.770. The van der Waals surface area contributed by atoms with Crippen LogP contribution in [0.2, 0.25) is 0 Å². The molecule has 0 saturated heterocycles. The highest BCUT2D eigenvalue weighted by Crippen LogP contribution is 2.16. The Hall–Kier alpha value is -2.69. The second-order valence-corrected chi connectivity index (χ2v) is 4.45. The van der Waals surface area contributed by atoms with Gasteiger partial charge in [0.2, 0.25) is 0 Å². The number of tetrazole rings is 1. The van der Waals surface area contributed by atoms with Gasteiger partial charge in [0, 0.05) is 6.42 Å². The largest absolute Gasteiger partial charge is 0.489 e. The lowest BCUT2D eigenvalue weighted by molar-refractivity contribution is 0.306. The molecule has 0 atom stereocenters. The van der Waals surface area contributed by atoms with Gasteiger partial charge in [-0.05, 0) is 33.7 Å². The lowest BCUT2D eigenvalue weighted by Crippen LogP contribution is -1.96. The number of benzene rings is 2. The molecule has 0 spiro atoms. The number of ether oxygens (including phenoxy) is 1. The number of aromatic amines is 1. The van der Waals surface area contributed by atoms with Crippen LogP contribution in [0.25, 0.3) is 0 Å². The maximum absolute atomic E-state index is 5.79. The fourth-order valence-electron chi connectivity index (χ4n) is 1.93. The van der Waals surface area contributed by atoms with E-state index in [2.05, 4.69) is 20.6 Å². The van der Waals surface area contributed by atoms with Crippen LogP contribution >= 0.6 is 0 Å². The van der Waals surface area contributed by atoms with E-state index < -0.39 is 0 Å². The van der Waals surface area contributed by atoms with Crippen molar-refractivity contribution in [1.29, 1.82) is 0 Å². The molecule has 1 N–H and O–H groups in total. The van der Waals surface area contributed by atoms with Gasteiger partial charge in [-0.15, -0.1) is 5.10 Å². The first kappa shape index (κ1) is 12.3. The summed E-state index contributed by atoms with van der Waals surface area (Å²) in [6, 6.07) is 18.1. The van der Waals surface area contributed by atoms with Crippen molar-refractivity contribution in [3.8, 4) is 5.75 Å². The zero-order valence-corrected chi connectivity index (χ0v) is 10.9. The highest BCUT2D eigenvalue weighted by atomic mass is 16.5. The lowest BCUT2D eigenvalue weighted by atomic mass is 10.1. The summed E-state index contributed by atoms with van der Waals surface area (Å²) in [6.45, 7) is 0.564. The fourth-order valence-corrected chi connectivity index (χ4v) is 1.93. The number of nitrogens with zero attached hydrogens (tertiary/aromatic N) is 3. The van der Waals surface area contributed by atoms with E-state index in [1.807, 2.05) is 54.6 Å². The van der Waals surface area contributed by atoms with Gasteiger partial charge >= 0.3 is 0 Å². The molecular formula is C15H14N4O. The van der Waals surface area contributed by atoms with Crippen LogP contribution in [0.1, 0.15) is 17.0 Å². The fraction of sp³-hybridized carbons (Fsp3) is 0.133. The minimum absolute atomic E-state index is 0.564. The third kappa shape index (κ3) is 3.20. The van der Waals surface area contributed by atoms with Gasteiger partial charge in [0.1, 0.15) is 12.4 Å². The normalized spacial score (nSPS) is 10.4. The van der Waals surface area contributed by atoms with Crippen molar-refractivity contribution in [3.05, 3.63) is 71.5 Å². The summed E-state index contributed by atoms with van der Waals surface area (Å²) >= 11 is 0. The molecule has 100 valence electrons. The predicted molar refractivity (Wildman–Crippen MR) is 74.2 cm³/mol. The van der Waals surface area contributed by atoms with Gasteiger partial charge in [-0.3, -0.25) is 0 Å². The van der Waals surface area contributed by atoms with Crippen LogP contribution in [0.15, 0.2) is 54.6 Å². The molecule has 0 amide bonds. The van der Waals surface area contributed by atoms with E-state index in [1.165, 1.54) is 0 Å². The predicted octanol–water partition coefficient (Wildman–Crippen LogP) is 2.37. The standard InChI is InChI=1S/C15H14N4O/c1-2-5-12(6-3-1)11-20-14-8-4-7-13(9-14)10-15-16-18-19-17-15/h1-9H,10-11H2,(H,16,17,18,19). The molecule has 0 unspecified atom stereocenters. The number of nitrogens with one attached hydrogen (secondary N) is 1. The molecule has 20 heavy (non-hydrogen) atoms. The van der Waals surface area contributed by atoms with Crippen LogP contribution in [0.4, 0.5) is 0 Å². The highest BCUT2D eigenvalue weighted by Gasteiger charge is 2.02. The Morgan fingerprint density at radius 1 is 0.950 bits per heavy atom. The topological polar surface area (TPSA) is 63.7 Å². The number of rotatable bonds is 5. The maximum atomic E-state index is 5.79. The molecule has 5 nitrogen and oxygen atoms in total. The first-order valence-electron chi connectivity index (χ1n) is 6.38. The Bertz CT molecular complexity index is 653. The first-order valence-corrected chi connectivity index (χ1v) is 6.38. The summed E-state index contributed by atoms with van der Waals surface area (Å²) in [5, 5.41) is 13.8. The smallest absolute Gasteiger partial charge is 0.152 e. The third-order valence-electron chi connectivity index (χ3n) is 2.91. The zero-order chi connectivity index (χ0) is 13.6. The van der Waals surface area contributed by atoms with Gasteiger partial charge in [-0.2, -0.15) is 0 Å². The minimum atomic E-state index is 0.564. The van der Waals surface area contributed by atoms with Crippen molar-refractivity contribution in [2.75, 3.05) is 0 Å². The Morgan fingerprint density at radius 3 is 2.60 bits per heavy atom. The number of hydrogen-bond acceptors (Lipinski definition) is 4. The van der Waals surface area contributed by atoms with Crippen molar-refractivity contribution < 1.29 is 4.74 Å². The Balaban J connectivity index is 1.65. The van der Waals surface area contributed by atoms with Gasteiger partial charge in [0.25, 0.3) is 0 Å². The molecule has 0 aliphatic heterocycles. The van der Waals surface area contributed by atoms with Crippen LogP contribution in [0, 0.1) is 0 Å². The Kier molecular flexibility index (Phi) is 3.68. The summed E-state index contributed by atoms with van der Waals surface area (Å²) in [6.07, 6.45) is 0.662. The molecule has 1 aromatic heterocycles. The number of H-pyrrole nitrogens is 1. The molecule has 0 radical (unpaired) electrons. The summed E-state index contributed by atoms with van der Waals surface area (Å²) in [5.74, 6) is 1.59. The van der Waals surface area contributed by atoms with E-state index >= 15 is 0 Å². The molecule has 1 heterocycles. The first-order chi connectivity index (χ1) is 9.90. The highest BCUT2D eigenvalue weighted by molar-refractivity contribution is 5.30. The van der Waals surface area contributed by atoms with Gasteiger partial charge in [-0.1, -0.05) is 42.5 Å². The molecule has 0 aliphatic rings. The van der Waals surface area contributed by atoms with Crippen LogP contribution in [0.3, 0.4) is 0 Å². The van der Waals surface area contributed by atoms with Gasteiger partial charge < -0.3 is 4.74 Å². The molecule has 3 rings (SSSR count). The molecule has 0 fully saturated rings. The monoisotopic (exact) mass is 266 g/mol. The second-order valence-electron chi connectivity index (χ2n) is 4.45. The molecule has 2 aromatic carbocycles. The Labute approximate surface area is 116 Å². The summed E-state index contributed by atoms with van der Waals surface area (Å²) < 4.78 is 5.79. The summed E-state index contributed by atoms with van der Waals surface area (Å²) in [4.78, 5) is 0. The average Bonchev–Trinajstić information content (AvgIpc) is 3.00. The SMILES string of the molecule is c1ccc(COc2cccc(Cc3nnn[nH]3)c2)cc1. The van der Waals surface area contributed by atoms with Gasteiger partial charge in [0.15, 0.2) is 5.82 Å². The van der Waals surface area contributed by atoms with E-state index in [0.717, 1.165) is 22.7 Å². The lowest BCUT2D eigenvalue weighted by Gasteiger charge is -2.07. The number of aromatic nitrogens is 4. The molecule has 0 bridgehead atoms. The van der Waals surface area contributed by atoms with Crippen molar-refractivity contribution >= 4 is 0 Å². The van der Waals surface area contributed by atoms with Gasteiger partial charge in [-0.25, -0.2) is 5.10 Å². The number of hydrogen-bond donors (Lipinski definition) is 1. The third-order valence-corrected chi connectivity index (χ3v) is 2.91. The maximum Gasteiger partial charge on any atom is 0.152 e. The van der Waals surface area contributed by atoms with Crippen molar-refractivity contribution in [2.24, 2.45) is 0 Å². The summed E-state index contributed by atoms with van der Waals surface area (Å²) in [5.41, 5.74) is 2.26. The molecule has 0 aliphatic carbocycles. The molecule has 5 heteroatoms. The average molecular weight is 266 g/mol. The minimum Gasteiger partial charge on any atom is -0.489 e. The van der Waals surface area contributed by atoms with Crippen LogP contribution in [-0.2, 0) is 13.0 Å².